The molecule has 21 heavy (non-hydrogen) atoms. The lowest BCUT2D eigenvalue weighted by Gasteiger charge is -2.27. The molecule has 1 aromatic heterocycles. The van der Waals surface area contributed by atoms with Crippen molar-refractivity contribution in [2.24, 2.45) is 5.92 Å². The van der Waals surface area contributed by atoms with Gasteiger partial charge in [-0.2, -0.15) is 0 Å². The van der Waals surface area contributed by atoms with Crippen molar-refractivity contribution in [3.8, 4) is 0 Å². The summed E-state index contributed by atoms with van der Waals surface area (Å²) in [6, 6.07) is 0.360. The lowest BCUT2D eigenvalue weighted by Crippen LogP contribution is -2.37. The molecular weight excluding hydrogens is 262 g/mol. The number of likely N-dealkylation sites (N-methyl/N-ethyl adjacent to an activating group) is 1. The molecule has 1 unspecified atom stereocenters. The standard InChI is InChI=1S/C16H31N5/c1-10(2)13(9-21(7)8)18-16-12(5)15(17-6)19-14(20-16)11(3)4/h10-11,13H,9H2,1-8H3,(H2,17,18,19,20). The lowest BCUT2D eigenvalue weighted by atomic mass is 10.0. The van der Waals surface area contributed by atoms with Crippen LogP contribution in [0.3, 0.4) is 0 Å². The Morgan fingerprint density at radius 1 is 1.05 bits per heavy atom. The van der Waals surface area contributed by atoms with Gasteiger partial charge in [-0.15, -0.1) is 0 Å². The molecule has 5 heteroatoms. The van der Waals surface area contributed by atoms with Gasteiger partial charge in [-0.05, 0) is 26.9 Å². The third kappa shape index (κ3) is 4.84. The fourth-order valence-corrected chi connectivity index (χ4v) is 2.17. The Morgan fingerprint density at radius 2 is 1.62 bits per heavy atom. The van der Waals surface area contributed by atoms with Gasteiger partial charge in [0, 0.05) is 31.1 Å². The van der Waals surface area contributed by atoms with Crippen LogP contribution >= 0.6 is 0 Å². The van der Waals surface area contributed by atoms with Gasteiger partial charge < -0.3 is 15.5 Å². The van der Waals surface area contributed by atoms with Crippen molar-refractivity contribution in [1.29, 1.82) is 0 Å². The van der Waals surface area contributed by atoms with Gasteiger partial charge >= 0.3 is 0 Å². The molecule has 1 atom stereocenters. The number of hydrogen-bond donors (Lipinski definition) is 2. The second-order valence-corrected chi connectivity index (χ2v) is 6.57. The van der Waals surface area contributed by atoms with E-state index in [4.69, 9.17) is 4.98 Å². The van der Waals surface area contributed by atoms with Crippen LogP contribution in [0.25, 0.3) is 0 Å². The number of nitrogens with zero attached hydrogens (tertiary/aromatic N) is 3. The quantitative estimate of drug-likeness (QED) is 0.809. The molecule has 1 heterocycles. The van der Waals surface area contributed by atoms with Crippen LogP contribution in [-0.2, 0) is 0 Å². The summed E-state index contributed by atoms with van der Waals surface area (Å²) in [6.07, 6.45) is 0. The summed E-state index contributed by atoms with van der Waals surface area (Å²) in [5, 5.41) is 6.79. The maximum Gasteiger partial charge on any atom is 0.135 e. The molecule has 0 aromatic carbocycles. The van der Waals surface area contributed by atoms with E-state index in [1.807, 2.05) is 7.05 Å². The van der Waals surface area contributed by atoms with E-state index >= 15 is 0 Å². The molecule has 120 valence electrons. The summed E-state index contributed by atoms with van der Waals surface area (Å²) in [5.41, 5.74) is 1.08. The highest BCUT2D eigenvalue weighted by atomic mass is 15.1. The van der Waals surface area contributed by atoms with E-state index in [0.29, 0.717) is 17.9 Å². The third-order valence-electron chi connectivity index (χ3n) is 3.61. The van der Waals surface area contributed by atoms with Crippen LogP contribution in [0.4, 0.5) is 11.6 Å². The van der Waals surface area contributed by atoms with Crippen LogP contribution < -0.4 is 10.6 Å². The van der Waals surface area contributed by atoms with Crippen LogP contribution in [0.15, 0.2) is 0 Å². The normalized spacial score (nSPS) is 13.1. The largest absolute Gasteiger partial charge is 0.373 e. The molecule has 0 saturated heterocycles. The first-order valence-electron chi connectivity index (χ1n) is 7.73. The van der Waals surface area contributed by atoms with E-state index in [1.54, 1.807) is 0 Å². The van der Waals surface area contributed by atoms with Gasteiger partial charge in [0.2, 0.25) is 0 Å². The first-order valence-corrected chi connectivity index (χ1v) is 7.73. The fraction of sp³-hybridized carbons (Fsp3) is 0.750. The number of nitrogens with one attached hydrogen (secondary N) is 2. The SMILES string of the molecule is CNc1nc(C(C)C)nc(NC(CN(C)C)C(C)C)c1C. The zero-order valence-electron chi connectivity index (χ0n) is 14.8. The van der Waals surface area contributed by atoms with Crippen LogP contribution in [0, 0.1) is 12.8 Å². The first kappa shape index (κ1) is 17.7. The Bertz CT molecular complexity index is 454. The molecule has 0 saturated carbocycles. The van der Waals surface area contributed by atoms with E-state index in [2.05, 4.69) is 69.2 Å². The van der Waals surface area contributed by atoms with Crippen LogP contribution in [0.2, 0.25) is 0 Å². The van der Waals surface area contributed by atoms with Gasteiger partial charge in [0.1, 0.15) is 17.5 Å². The molecule has 0 radical (unpaired) electrons. The molecular formula is C16H31N5. The molecule has 0 amide bonds. The molecule has 0 aliphatic carbocycles. The maximum atomic E-state index is 4.73. The molecule has 0 spiro atoms. The highest BCUT2D eigenvalue weighted by Crippen LogP contribution is 2.24. The van der Waals surface area contributed by atoms with Gasteiger partial charge in [-0.1, -0.05) is 27.7 Å². The van der Waals surface area contributed by atoms with Gasteiger partial charge in [0.15, 0.2) is 0 Å². The van der Waals surface area contributed by atoms with Crippen molar-refractivity contribution in [2.45, 2.75) is 46.6 Å². The van der Waals surface area contributed by atoms with Gasteiger partial charge in [0.05, 0.1) is 0 Å². The molecule has 1 aromatic rings. The first-order chi connectivity index (χ1) is 9.76. The van der Waals surface area contributed by atoms with Crippen molar-refractivity contribution < 1.29 is 0 Å². The summed E-state index contributed by atoms with van der Waals surface area (Å²) >= 11 is 0. The van der Waals surface area contributed by atoms with Crippen LogP contribution in [0.1, 0.15) is 45.0 Å². The molecule has 0 aliphatic heterocycles. The van der Waals surface area contributed by atoms with Crippen molar-refractivity contribution >= 4 is 11.6 Å². The molecule has 2 N–H and O–H groups in total. The van der Waals surface area contributed by atoms with E-state index in [0.717, 1.165) is 29.6 Å². The lowest BCUT2D eigenvalue weighted by molar-refractivity contribution is 0.344. The zero-order chi connectivity index (χ0) is 16.2. The molecule has 0 fully saturated rings. The Labute approximate surface area is 129 Å². The Morgan fingerprint density at radius 3 is 2.05 bits per heavy atom. The Hall–Kier alpha value is -1.36. The zero-order valence-corrected chi connectivity index (χ0v) is 14.8. The topological polar surface area (TPSA) is 53.1 Å². The average Bonchev–Trinajstić information content (AvgIpc) is 2.39. The molecule has 5 nitrogen and oxygen atoms in total. The Balaban J connectivity index is 3.12. The van der Waals surface area contributed by atoms with E-state index in [9.17, 15) is 0 Å². The average molecular weight is 293 g/mol. The second-order valence-electron chi connectivity index (χ2n) is 6.57. The van der Waals surface area contributed by atoms with Crippen molar-refractivity contribution in [3.05, 3.63) is 11.4 Å². The van der Waals surface area contributed by atoms with E-state index < -0.39 is 0 Å². The molecule has 1 rings (SSSR count). The van der Waals surface area contributed by atoms with E-state index in [-0.39, 0.29) is 0 Å². The molecule has 0 aliphatic rings. The summed E-state index contributed by atoms with van der Waals surface area (Å²) in [5.74, 6) is 3.56. The number of anilines is 2. The number of hydrogen-bond acceptors (Lipinski definition) is 5. The predicted molar refractivity (Wildman–Crippen MR) is 91.2 cm³/mol. The van der Waals surface area contributed by atoms with Crippen molar-refractivity contribution in [1.82, 2.24) is 14.9 Å². The van der Waals surface area contributed by atoms with Crippen molar-refractivity contribution in [2.75, 3.05) is 38.3 Å². The summed E-state index contributed by atoms with van der Waals surface area (Å²) in [7, 11) is 6.11. The smallest absolute Gasteiger partial charge is 0.135 e. The van der Waals surface area contributed by atoms with E-state index in [1.165, 1.54) is 0 Å². The van der Waals surface area contributed by atoms with Gasteiger partial charge in [-0.25, -0.2) is 9.97 Å². The maximum absolute atomic E-state index is 4.73. The third-order valence-corrected chi connectivity index (χ3v) is 3.61. The predicted octanol–water partition coefficient (Wildman–Crippen LogP) is 2.95. The van der Waals surface area contributed by atoms with Crippen molar-refractivity contribution in [3.63, 3.8) is 0 Å². The minimum Gasteiger partial charge on any atom is -0.373 e. The summed E-state index contributed by atoms with van der Waals surface area (Å²) < 4.78 is 0. The fourth-order valence-electron chi connectivity index (χ4n) is 2.17. The number of aromatic nitrogens is 2. The summed E-state index contributed by atoms with van der Waals surface area (Å²) in [4.78, 5) is 11.5. The summed E-state index contributed by atoms with van der Waals surface area (Å²) in [6.45, 7) is 11.7. The van der Waals surface area contributed by atoms with Crippen LogP contribution in [0.5, 0.6) is 0 Å². The second kappa shape index (κ2) is 7.59. The van der Waals surface area contributed by atoms with Gasteiger partial charge in [-0.3, -0.25) is 0 Å². The highest BCUT2D eigenvalue weighted by molar-refractivity contribution is 5.57. The van der Waals surface area contributed by atoms with Gasteiger partial charge in [0.25, 0.3) is 0 Å². The highest BCUT2D eigenvalue weighted by Gasteiger charge is 2.18. The Kier molecular flexibility index (Phi) is 6.40. The monoisotopic (exact) mass is 293 g/mol. The molecule has 0 bridgehead atoms. The number of rotatable bonds is 7. The minimum atomic E-state index is 0.310. The minimum absolute atomic E-state index is 0.310. The van der Waals surface area contributed by atoms with Crippen LogP contribution in [-0.4, -0.2) is 48.6 Å².